The Morgan fingerprint density at radius 1 is 0.800 bits per heavy atom. The molecule has 6 rings (SSSR count). The molecule has 0 fully saturated rings. The molecular formula is C34H30N4O2. The van der Waals surface area contributed by atoms with Gasteiger partial charge in [-0.2, -0.15) is 0 Å². The first-order valence-corrected chi connectivity index (χ1v) is 13.4. The highest BCUT2D eigenvalue weighted by molar-refractivity contribution is 6.11. The molecule has 0 saturated heterocycles. The van der Waals surface area contributed by atoms with Crippen molar-refractivity contribution in [3.8, 4) is 0 Å². The summed E-state index contributed by atoms with van der Waals surface area (Å²) in [6, 6.07) is 30.7. The summed E-state index contributed by atoms with van der Waals surface area (Å²) in [6.07, 6.45) is 4.22. The number of anilines is 3. The van der Waals surface area contributed by atoms with Crippen molar-refractivity contribution < 1.29 is 0 Å². The number of fused-ring (bicyclic) bond motifs is 2. The monoisotopic (exact) mass is 526 g/mol. The Kier molecular flexibility index (Phi) is 6.76. The fourth-order valence-corrected chi connectivity index (χ4v) is 5.18. The molecule has 0 saturated carbocycles. The van der Waals surface area contributed by atoms with Crippen LogP contribution >= 0.6 is 0 Å². The fourth-order valence-electron chi connectivity index (χ4n) is 5.18. The first-order chi connectivity index (χ1) is 19.5. The summed E-state index contributed by atoms with van der Waals surface area (Å²) in [6.45, 7) is 1.30. The lowest BCUT2D eigenvalue weighted by atomic mass is 9.89. The predicted molar refractivity (Wildman–Crippen MR) is 167 cm³/mol. The highest BCUT2D eigenvalue weighted by Crippen LogP contribution is 2.40. The second-order valence-electron chi connectivity index (χ2n) is 10.2. The van der Waals surface area contributed by atoms with Crippen molar-refractivity contribution >= 4 is 50.4 Å². The molecule has 1 heterocycles. The maximum atomic E-state index is 12.8. The van der Waals surface area contributed by atoms with Gasteiger partial charge in [0.1, 0.15) is 11.4 Å². The van der Waals surface area contributed by atoms with Gasteiger partial charge in [-0.05, 0) is 54.2 Å². The number of nitrogens with one attached hydrogen (secondary N) is 3. The van der Waals surface area contributed by atoms with Crippen LogP contribution in [0.2, 0.25) is 0 Å². The zero-order valence-corrected chi connectivity index (χ0v) is 22.5. The second kappa shape index (κ2) is 10.7. The van der Waals surface area contributed by atoms with Crippen molar-refractivity contribution in [3.05, 3.63) is 134 Å². The Morgan fingerprint density at radius 2 is 1.50 bits per heavy atom. The van der Waals surface area contributed by atoms with Crippen LogP contribution in [-0.4, -0.2) is 37.1 Å². The molecule has 40 heavy (non-hydrogen) atoms. The summed E-state index contributed by atoms with van der Waals surface area (Å²) in [7, 11) is 3.94. The minimum atomic E-state index is -0.507. The Morgan fingerprint density at radius 3 is 2.30 bits per heavy atom. The van der Waals surface area contributed by atoms with Gasteiger partial charge in [0.05, 0.1) is 0 Å². The van der Waals surface area contributed by atoms with Gasteiger partial charge in [-0.3, -0.25) is 9.59 Å². The standard InChI is InChI=1S/C34H30N4O2/c1-38(2)19-18-35-31-32(34(40)33(31)39)37-29-17-16-23-12-6-7-13-24(23)30(29)26(20-22-10-4-3-5-11-22)27-21-36-28-15-9-8-14-25(27)28/h3-17,20-21,35-37H,18-19H2,1-2H3/b26-20+. The van der Waals surface area contributed by atoms with Gasteiger partial charge in [-0.15, -0.1) is 0 Å². The van der Waals surface area contributed by atoms with Crippen LogP contribution in [0.3, 0.4) is 0 Å². The van der Waals surface area contributed by atoms with Gasteiger partial charge in [0.25, 0.3) is 10.9 Å². The van der Waals surface area contributed by atoms with E-state index in [1.165, 1.54) is 0 Å². The van der Waals surface area contributed by atoms with Crippen molar-refractivity contribution in [1.29, 1.82) is 0 Å². The molecular weight excluding hydrogens is 496 g/mol. The topological polar surface area (TPSA) is 77.2 Å². The number of likely N-dealkylation sites (N-methyl/N-ethyl adjacent to an activating group) is 1. The van der Waals surface area contributed by atoms with E-state index in [0.29, 0.717) is 17.9 Å². The summed E-state index contributed by atoms with van der Waals surface area (Å²) in [5.41, 5.74) is 5.52. The molecule has 6 heteroatoms. The number of aromatic amines is 1. The van der Waals surface area contributed by atoms with Crippen LogP contribution in [0.25, 0.3) is 33.3 Å². The third kappa shape index (κ3) is 4.70. The van der Waals surface area contributed by atoms with E-state index >= 15 is 0 Å². The molecule has 6 aromatic rings. The van der Waals surface area contributed by atoms with E-state index in [-0.39, 0.29) is 0 Å². The van der Waals surface area contributed by atoms with Crippen LogP contribution in [0.4, 0.5) is 17.1 Å². The molecule has 0 unspecified atom stereocenters. The number of H-pyrrole nitrogens is 1. The van der Waals surface area contributed by atoms with Crippen molar-refractivity contribution in [3.63, 3.8) is 0 Å². The van der Waals surface area contributed by atoms with E-state index in [2.05, 4.69) is 58.1 Å². The van der Waals surface area contributed by atoms with Crippen molar-refractivity contribution in [2.24, 2.45) is 0 Å². The highest BCUT2D eigenvalue weighted by Gasteiger charge is 2.24. The Balaban J connectivity index is 1.56. The van der Waals surface area contributed by atoms with Crippen molar-refractivity contribution in [1.82, 2.24) is 9.88 Å². The number of benzene rings is 4. The Labute approximate surface area is 232 Å². The van der Waals surface area contributed by atoms with Gasteiger partial charge in [-0.1, -0.05) is 78.9 Å². The van der Waals surface area contributed by atoms with Gasteiger partial charge in [0.15, 0.2) is 0 Å². The molecule has 0 aliphatic heterocycles. The number of nitrogens with zero attached hydrogens (tertiary/aromatic N) is 1. The summed E-state index contributed by atoms with van der Waals surface area (Å²) in [5.74, 6) is 0. The first kappa shape index (κ1) is 25.3. The van der Waals surface area contributed by atoms with E-state index in [4.69, 9.17) is 0 Å². The van der Waals surface area contributed by atoms with Crippen LogP contribution in [0.5, 0.6) is 0 Å². The summed E-state index contributed by atoms with van der Waals surface area (Å²) < 4.78 is 0. The van der Waals surface area contributed by atoms with E-state index in [1.54, 1.807) is 0 Å². The Hall–Kier alpha value is -4.94. The quantitative estimate of drug-likeness (QED) is 0.154. The lowest BCUT2D eigenvalue weighted by Gasteiger charge is -2.21. The lowest BCUT2D eigenvalue weighted by Crippen LogP contribution is -2.38. The molecule has 0 aliphatic carbocycles. The van der Waals surface area contributed by atoms with Crippen LogP contribution < -0.4 is 21.5 Å². The number of aromatic nitrogens is 1. The van der Waals surface area contributed by atoms with Crippen LogP contribution in [0.1, 0.15) is 16.7 Å². The maximum absolute atomic E-state index is 12.8. The predicted octanol–water partition coefficient (Wildman–Crippen LogP) is 6.22. The molecule has 198 valence electrons. The molecule has 1 aromatic heterocycles. The van der Waals surface area contributed by atoms with E-state index in [9.17, 15) is 9.59 Å². The number of para-hydroxylation sites is 1. The number of hydrogen-bond donors (Lipinski definition) is 3. The molecule has 0 radical (unpaired) electrons. The SMILES string of the molecule is CN(C)CCNc1c(Nc2ccc3ccccc3c2/C(=C/c2ccccc2)c2c[nH]c3ccccc23)c(=O)c1=O. The minimum Gasteiger partial charge on any atom is -0.379 e. The fraction of sp³-hybridized carbons (Fsp3) is 0.118. The maximum Gasteiger partial charge on any atom is 0.253 e. The van der Waals surface area contributed by atoms with Gasteiger partial charge >= 0.3 is 0 Å². The molecule has 5 aromatic carbocycles. The molecule has 0 spiro atoms. The second-order valence-corrected chi connectivity index (χ2v) is 10.2. The van der Waals surface area contributed by atoms with Crippen LogP contribution in [0.15, 0.2) is 107 Å². The molecule has 3 N–H and O–H groups in total. The average molecular weight is 527 g/mol. The molecule has 0 atom stereocenters. The smallest absolute Gasteiger partial charge is 0.253 e. The molecule has 0 bridgehead atoms. The molecule has 0 amide bonds. The number of hydrogen-bond acceptors (Lipinski definition) is 5. The number of rotatable bonds is 9. The average Bonchev–Trinajstić information content (AvgIpc) is 3.41. The van der Waals surface area contributed by atoms with E-state index in [1.807, 2.05) is 79.8 Å². The van der Waals surface area contributed by atoms with Gasteiger partial charge in [0.2, 0.25) is 0 Å². The first-order valence-electron chi connectivity index (χ1n) is 13.4. The van der Waals surface area contributed by atoms with Gasteiger partial charge < -0.3 is 20.5 Å². The summed E-state index contributed by atoms with van der Waals surface area (Å²) >= 11 is 0. The van der Waals surface area contributed by atoms with Crippen molar-refractivity contribution in [2.45, 2.75) is 0 Å². The zero-order valence-electron chi connectivity index (χ0n) is 22.5. The van der Waals surface area contributed by atoms with Crippen LogP contribution in [-0.2, 0) is 0 Å². The third-order valence-electron chi connectivity index (χ3n) is 7.22. The minimum absolute atomic E-state index is 0.304. The summed E-state index contributed by atoms with van der Waals surface area (Å²) in [4.78, 5) is 30.7. The zero-order chi connectivity index (χ0) is 27.6. The third-order valence-corrected chi connectivity index (χ3v) is 7.22. The lowest BCUT2D eigenvalue weighted by molar-refractivity contribution is 0.425. The highest BCUT2D eigenvalue weighted by atomic mass is 16.2. The van der Waals surface area contributed by atoms with E-state index in [0.717, 1.165) is 56.2 Å². The molecule has 0 aliphatic rings. The summed E-state index contributed by atoms with van der Waals surface area (Å²) in [5, 5.41) is 9.75. The van der Waals surface area contributed by atoms with Crippen LogP contribution in [0, 0.1) is 0 Å². The van der Waals surface area contributed by atoms with Gasteiger partial charge in [-0.25, -0.2) is 0 Å². The normalized spacial score (nSPS) is 12.0. The van der Waals surface area contributed by atoms with Crippen molar-refractivity contribution in [2.75, 3.05) is 37.8 Å². The largest absolute Gasteiger partial charge is 0.379 e. The molecule has 6 nitrogen and oxygen atoms in total. The van der Waals surface area contributed by atoms with Gasteiger partial charge in [0, 0.05) is 47.0 Å². The van der Waals surface area contributed by atoms with E-state index < -0.39 is 10.9 Å². The Bertz CT molecular complexity index is 1930.